The van der Waals surface area contributed by atoms with Gasteiger partial charge in [0.25, 0.3) is 0 Å². The molecule has 0 saturated heterocycles. The van der Waals surface area contributed by atoms with Crippen LogP contribution in [0.25, 0.3) is 0 Å². The third kappa shape index (κ3) is 4.04. The zero-order valence-corrected chi connectivity index (χ0v) is 9.81. The molecule has 0 N–H and O–H groups in total. The fourth-order valence-electron chi connectivity index (χ4n) is 1.37. The maximum atomic E-state index is 5.44. The highest BCUT2D eigenvalue weighted by Crippen LogP contribution is 2.15. The van der Waals surface area contributed by atoms with Gasteiger partial charge in [-0.25, -0.2) is 0 Å². The van der Waals surface area contributed by atoms with Crippen molar-refractivity contribution >= 4 is 0 Å². The summed E-state index contributed by atoms with van der Waals surface area (Å²) in [6.07, 6.45) is 2.22. The number of methoxy groups -OCH3 is 2. The highest BCUT2D eigenvalue weighted by Gasteiger charge is 2.06. The van der Waals surface area contributed by atoms with E-state index >= 15 is 0 Å². The topological polar surface area (TPSA) is 27.7 Å². The fraction of sp³-hybridized carbons (Fsp3) is 0.385. The van der Waals surface area contributed by atoms with Crippen LogP contribution in [0.15, 0.2) is 36.9 Å². The lowest BCUT2D eigenvalue weighted by molar-refractivity contribution is -0.100. The minimum absolute atomic E-state index is 0.213. The van der Waals surface area contributed by atoms with E-state index in [9.17, 15) is 0 Å². The van der Waals surface area contributed by atoms with Crippen LogP contribution in [-0.4, -0.2) is 27.1 Å². The molecule has 16 heavy (non-hydrogen) atoms. The molecule has 3 nitrogen and oxygen atoms in total. The summed E-state index contributed by atoms with van der Waals surface area (Å²) in [5, 5.41) is 0. The molecule has 0 aliphatic heterocycles. The minimum atomic E-state index is -0.213. The Labute approximate surface area is 96.6 Å². The van der Waals surface area contributed by atoms with Crippen LogP contribution in [0.1, 0.15) is 5.56 Å². The van der Waals surface area contributed by atoms with Crippen molar-refractivity contribution in [3.05, 3.63) is 42.5 Å². The van der Waals surface area contributed by atoms with Crippen LogP contribution >= 0.6 is 0 Å². The van der Waals surface area contributed by atoms with Gasteiger partial charge in [0, 0.05) is 20.6 Å². The molecule has 0 saturated carbocycles. The van der Waals surface area contributed by atoms with Crippen LogP contribution < -0.4 is 4.74 Å². The van der Waals surface area contributed by atoms with Crippen LogP contribution in [0.3, 0.4) is 0 Å². The molecule has 88 valence electrons. The van der Waals surface area contributed by atoms with E-state index in [1.165, 1.54) is 0 Å². The Morgan fingerprint density at radius 2 is 2.06 bits per heavy atom. The second-order valence-electron chi connectivity index (χ2n) is 3.35. The van der Waals surface area contributed by atoms with Gasteiger partial charge in [0.1, 0.15) is 12.4 Å². The number of hydrogen-bond donors (Lipinski definition) is 0. The first kappa shape index (κ1) is 12.7. The zero-order valence-electron chi connectivity index (χ0n) is 9.81. The molecule has 0 unspecified atom stereocenters. The molecule has 0 aromatic heterocycles. The third-order valence-corrected chi connectivity index (χ3v) is 2.19. The van der Waals surface area contributed by atoms with E-state index in [1.54, 1.807) is 20.3 Å². The van der Waals surface area contributed by atoms with E-state index in [4.69, 9.17) is 14.2 Å². The van der Waals surface area contributed by atoms with E-state index in [-0.39, 0.29) is 6.29 Å². The Morgan fingerprint density at radius 1 is 1.31 bits per heavy atom. The van der Waals surface area contributed by atoms with Crippen LogP contribution in [0.2, 0.25) is 0 Å². The molecule has 0 spiro atoms. The van der Waals surface area contributed by atoms with Crippen LogP contribution in [-0.2, 0) is 15.9 Å². The predicted octanol–water partition coefficient (Wildman–Crippen LogP) is 2.41. The smallest absolute Gasteiger partial charge is 0.160 e. The van der Waals surface area contributed by atoms with Gasteiger partial charge in [0.2, 0.25) is 0 Å². The number of rotatable bonds is 7. The van der Waals surface area contributed by atoms with Crippen molar-refractivity contribution in [1.82, 2.24) is 0 Å². The molecule has 0 aliphatic rings. The molecule has 0 fully saturated rings. The SMILES string of the molecule is C=CCOc1cccc(CC(OC)OC)c1. The summed E-state index contributed by atoms with van der Waals surface area (Å²) in [5.41, 5.74) is 1.12. The summed E-state index contributed by atoms with van der Waals surface area (Å²) in [7, 11) is 3.26. The normalized spacial score (nSPS) is 10.4. The van der Waals surface area contributed by atoms with Crippen molar-refractivity contribution in [2.75, 3.05) is 20.8 Å². The molecule has 0 amide bonds. The van der Waals surface area contributed by atoms with Crippen molar-refractivity contribution < 1.29 is 14.2 Å². The lowest BCUT2D eigenvalue weighted by Crippen LogP contribution is -2.16. The third-order valence-electron chi connectivity index (χ3n) is 2.19. The second-order valence-corrected chi connectivity index (χ2v) is 3.35. The van der Waals surface area contributed by atoms with E-state index in [0.29, 0.717) is 13.0 Å². The van der Waals surface area contributed by atoms with E-state index in [0.717, 1.165) is 11.3 Å². The molecule has 1 aromatic rings. The quantitative estimate of drug-likeness (QED) is 0.524. The fourth-order valence-corrected chi connectivity index (χ4v) is 1.37. The van der Waals surface area contributed by atoms with Gasteiger partial charge in [-0.2, -0.15) is 0 Å². The minimum Gasteiger partial charge on any atom is -0.490 e. The average Bonchev–Trinajstić information content (AvgIpc) is 2.34. The van der Waals surface area contributed by atoms with E-state index in [1.807, 2.05) is 24.3 Å². The molecule has 0 radical (unpaired) electrons. The molecule has 0 bridgehead atoms. The van der Waals surface area contributed by atoms with Gasteiger partial charge in [0.05, 0.1) is 0 Å². The number of benzene rings is 1. The van der Waals surface area contributed by atoms with Gasteiger partial charge in [-0.15, -0.1) is 0 Å². The number of ether oxygens (including phenoxy) is 3. The summed E-state index contributed by atoms with van der Waals surface area (Å²) in [5.74, 6) is 0.836. The van der Waals surface area contributed by atoms with Gasteiger partial charge in [-0.3, -0.25) is 0 Å². The Morgan fingerprint density at radius 3 is 2.69 bits per heavy atom. The lowest BCUT2D eigenvalue weighted by atomic mass is 10.1. The Kier molecular flexibility index (Phi) is 5.61. The molecular weight excluding hydrogens is 204 g/mol. The molecule has 0 heterocycles. The van der Waals surface area contributed by atoms with Gasteiger partial charge in [-0.1, -0.05) is 24.8 Å². The maximum Gasteiger partial charge on any atom is 0.160 e. The zero-order chi connectivity index (χ0) is 11.8. The summed E-state index contributed by atoms with van der Waals surface area (Å²) in [6, 6.07) is 7.87. The highest BCUT2D eigenvalue weighted by atomic mass is 16.7. The predicted molar refractivity (Wildman–Crippen MR) is 63.6 cm³/mol. The maximum absolute atomic E-state index is 5.44. The monoisotopic (exact) mass is 222 g/mol. The lowest BCUT2D eigenvalue weighted by Gasteiger charge is -2.13. The molecule has 0 aliphatic carbocycles. The van der Waals surface area contributed by atoms with E-state index < -0.39 is 0 Å². The first-order chi connectivity index (χ1) is 7.80. The summed E-state index contributed by atoms with van der Waals surface area (Å²) in [6.45, 7) is 4.12. The van der Waals surface area contributed by atoms with Crippen molar-refractivity contribution in [3.63, 3.8) is 0 Å². The largest absolute Gasteiger partial charge is 0.490 e. The van der Waals surface area contributed by atoms with Gasteiger partial charge >= 0.3 is 0 Å². The van der Waals surface area contributed by atoms with Crippen molar-refractivity contribution in [3.8, 4) is 5.75 Å². The molecule has 0 atom stereocenters. The molecule has 1 aromatic carbocycles. The van der Waals surface area contributed by atoms with Crippen LogP contribution in [0.5, 0.6) is 5.75 Å². The molecular formula is C13H18O3. The Bertz CT molecular complexity index is 319. The summed E-state index contributed by atoms with van der Waals surface area (Å²) < 4.78 is 15.7. The van der Waals surface area contributed by atoms with Gasteiger partial charge < -0.3 is 14.2 Å². The van der Waals surface area contributed by atoms with Crippen LogP contribution in [0.4, 0.5) is 0 Å². The number of hydrogen-bond acceptors (Lipinski definition) is 3. The standard InChI is InChI=1S/C13H18O3/c1-4-8-16-12-7-5-6-11(9-12)10-13(14-2)15-3/h4-7,9,13H,1,8,10H2,2-3H3. The summed E-state index contributed by atoms with van der Waals surface area (Å²) >= 11 is 0. The summed E-state index contributed by atoms with van der Waals surface area (Å²) in [4.78, 5) is 0. The van der Waals surface area contributed by atoms with Gasteiger partial charge in [0.15, 0.2) is 6.29 Å². The highest BCUT2D eigenvalue weighted by molar-refractivity contribution is 5.28. The van der Waals surface area contributed by atoms with E-state index in [2.05, 4.69) is 6.58 Å². The van der Waals surface area contributed by atoms with Crippen LogP contribution in [0, 0.1) is 0 Å². The molecule has 1 rings (SSSR count). The van der Waals surface area contributed by atoms with Crippen molar-refractivity contribution in [2.45, 2.75) is 12.7 Å². The first-order valence-corrected chi connectivity index (χ1v) is 5.18. The first-order valence-electron chi connectivity index (χ1n) is 5.18. The van der Waals surface area contributed by atoms with Crippen molar-refractivity contribution in [2.24, 2.45) is 0 Å². The Hall–Kier alpha value is -1.32. The average molecular weight is 222 g/mol. The van der Waals surface area contributed by atoms with Crippen molar-refractivity contribution in [1.29, 1.82) is 0 Å². The van der Waals surface area contributed by atoms with Gasteiger partial charge in [-0.05, 0) is 17.7 Å². The molecule has 3 heteroatoms. The Balaban J connectivity index is 2.62. The second kappa shape index (κ2) is 7.04.